The van der Waals surface area contributed by atoms with Gasteiger partial charge < -0.3 is 19.8 Å². The minimum absolute atomic E-state index is 0.0989. The lowest BCUT2D eigenvalue weighted by molar-refractivity contribution is -0.140. The van der Waals surface area contributed by atoms with Crippen molar-refractivity contribution in [3.8, 4) is 5.75 Å². The molecule has 1 rings (SSSR count). The summed E-state index contributed by atoms with van der Waals surface area (Å²) in [6, 6.07) is 6.20. The Kier molecular flexibility index (Phi) is 5.94. The molecule has 0 spiro atoms. The van der Waals surface area contributed by atoms with Crippen LogP contribution in [0.15, 0.2) is 36.9 Å². The quantitative estimate of drug-likeness (QED) is 0.689. The Morgan fingerprint density at radius 1 is 1.14 bits per heavy atom. The third kappa shape index (κ3) is 4.98. The number of carbonyl (C=O) groups is 3. The summed E-state index contributed by atoms with van der Waals surface area (Å²) in [6.07, 6.45) is 1.49. The summed E-state index contributed by atoms with van der Waals surface area (Å²) in [5.41, 5.74) is 0.0989. The lowest BCUT2D eigenvalue weighted by Crippen LogP contribution is -2.39. The lowest BCUT2D eigenvalue weighted by Gasteiger charge is -2.20. The van der Waals surface area contributed by atoms with Crippen LogP contribution >= 0.6 is 0 Å². The molecule has 0 aliphatic rings. The van der Waals surface area contributed by atoms with Crippen molar-refractivity contribution in [2.45, 2.75) is 0 Å². The van der Waals surface area contributed by atoms with Gasteiger partial charge in [-0.3, -0.25) is 14.4 Å². The smallest absolute Gasteiger partial charge is 0.323 e. The zero-order chi connectivity index (χ0) is 15.8. The molecule has 2 N–H and O–H groups in total. The zero-order valence-corrected chi connectivity index (χ0v) is 11.2. The molecule has 0 aliphatic heterocycles. The number of aliphatic carboxylic acids is 2. The SMILES string of the molecule is C=CCOc1ccccc1C(=O)N(CC(=O)O)CC(=O)O. The summed E-state index contributed by atoms with van der Waals surface area (Å²) in [4.78, 5) is 34.5. The summed E-state index contributed by atoms with van der Waals surface area (Å²) in [6.45, 7) is 2.24. The third-order valence-electron chi connectivity index (χ3n) is 2.41. The Bertz CT molecular complexity index is 538. The van der Waals surface area contributed by atoms with Crippen molar-refractivity contribution in [2.24, 2.45) is 0 Å². The normalized spacial score (nSPS) is 9.71. The number of carboxylic acids is 2. The van der Waals surface area contributed by atoms with Gasteiger partial charge in [-0.25, -0.2) is 0 Å². The van der Waals surface area contributed by atoms with Gasteiger partial charge in [0.05, 0.1) is 5.56 Å². The van der Waals surface area contributed by atoms with Crippen molar-refractivity contribution in [3.05, 3.63) is 42.5 Å². The lowest BCUT2D eigenvalue weighted by atomic mass is 10.1. The van der Waals surface area contributed by atoms with E-state index in [1.165, 1.54) is 18.2 Å². The molecule has 7 heteroatoms. The highest BCUT2D eigenvalue weighted by atomic mass is 16.5. The summed E-state index contributed by atoms with van der Waals surface area (Å²) in [7, 11) is 0. The second-order valence-electron chi connectivity index (χ2n) is 4.04. The molecule has 112 valence electrons. The average Bonchev–Trinajstić information content (AvgIpc) is 2.43. The Morgan fingerprint density at radius 2 is 1.71 bits per heavy atom. The summed E-state index contributed by atoms with van der Waals surface area (Å²) in [5, 5.41) is 17.5. The van der Waals surface area contributed by atoms with Gasteiger partial charge >= 0.3 is 11.9 Å². The highest BCUT2D eigenvalue weighted by Crippen LogP contribution is 2.20. The van der Waals surface area contributed by atoms with Gasteiger partial charge in [0.2, 0.25) is 0 Å². The van der Waals surface area contributed by atoms with Crippen LogP contribution in [0.5, 0.6) is 5.75 Å². The van der Waals surface area contributed by atoms with Gasteiger partial charge in [0, 0.05) is 0 Å². The number of benzene rings is 1. The average molecular weight is 293 g/mol. The number of rotatable bonds is 8. The predicted octanol–water partition coefficient (Wildman–Crippen LogP) is 0.863. The molecule has 0 heterocycles. The highest BCUT2D eigenvalue weighted by molar-refractivity contribution is 5.99. The van der Waals surface area contributed by atoms with E-state index in [2.05, 4.69) is 6.58 Å². The summed E-state index contributed by atoms with van der Waals surface area (Å²) in [5.74, 6) is -3.08. The number of carboxylic acid groups (broad SMARTS) is 2. The largest absolute Gasteiger partial charge is 0.489 e. The Labute approximate surface area is 121 Å². The number of hydrogen-bond donors (Lipinski definition) is 2. The van der Waals surface area contributed by atoms with E-state index in [0.29, 0.717) is 0 Å². The van der Waals surface area contributed by atoms with E-state index < -0.39 is 30.9 Å². The van der Waals surface area contributed by atoms with Crippen LogP contribution in [0.2, 0.25) is 0 Å². The second-order valence-corrected chi connectivity index (χ2v) is 4.04. The molecule has 0 saturated heterocycles. The van der Waals surface area contributed by atoms with Crippen LogP contribution in [0.3, 0.4) is 0 Å². The molecule has 21 heavy (non-hydrogen) atoms. The van der Waals surface area contributed by atoms with Gasteiger partial charge in [-0.1, -0.05) is 24.8 Å². The van der Waals surface area contributed by atoms with Crippen LogP contribution in [0.25, 0.3) is 0 Å². The third-order valence-corrected chi connectivity index (χ3v) is 2.41. The maximum atomic E-state index is 12.3. The predicted molar refractivity (Wildman–Crippen MR) is 73.3 cm³/mol. The van der Waals surface area contributed by atoms with Crippen LogP contribution in [0, 0.1) is 0 Å². The number of carbonyl (C=O) groups excluding carboxylic acids is 1. The molecule has 0 saturated carbocycles. The van der Waals surface area contributed by atoms with Crippen LogP contribution in [0.4, 0.5) is 0 Å². The first-order chi connectivity index (χ1) is 9.95. The molecule has 0 aromatic heterocycles. The van der Waals surface area contributed by atoms with E-state index in [0.717, 1.165) is 4.90 Å². The van der Waals surface area contributed by atoms with Crippen molar-refractivity contribution in [1.29, 1.82) is 0 Å². The first-order valence-electron chi connectivity index (χ1n) is 6.01. The van der Waals surface area contributed by atoms with Crippen LogP contribution in [-0.2, 0) is 9.59 Å². The Morgan fingerprint density at radius 3 is 2.24 bits per heavy atom. The number of nitrogens with zero attached hydrogens (tertiary/aromatic N) is 1. The fourth-order valence-electron chi connectivity index (χ4n) is 1.61. The fourth-order valence-corrected chi connectivity index (χ4v) is 1.61. The van der Waals surface area contributed by atoms with E-state index in [1.807, 2.05) is 0 Å². The molecule has 0 atom stereocenters. The molecule has 0 fully saturated rings. The van der Waals surface area contributed by atoms with Gasteiger partial charge in [0.1, 0.15) is 25.4 Å². The zero-order valence-electron chi connectivity index (χ0n) is 11.2. The molecular formula is C14H15NO6. The molecule has 1 aromatic carbocycles. The topological polar surface area (TPSA) is 104 Å². The van der Waals surface area contributed by atoms with E-state index >= 15 is 0 Å². The van der Waals surface area contributed by atoms with E-state index in [4.69, 9.17) is 14.9 Å². The summed E-state index contributed by atoms with van der Waals surface area (Å²) < 4.78 is 5.31. The minimum Gasteiger partial charge on any atom is -0.489 e. The van der Waals surface area contributed by atoms with Crippen LogP contribution in [-0.4, -0.2) is 52.7 Å². The monoisotopic (exact) mass is 293 g/mol. The van der Waals surface area contributed by atoms with Gasteiger partial charge in [-0.15, -0.1) is 0 Å². The highest BCUT2D eigenvalue weighted by Gasteiger charge is 2.23. The van der Waals surface area contributed by atoms with Gasteiger partial charge in [-0.05, 0) is 12.1 Å². The van der Waals surface area contributed by atoms with Crippen molar-refractivity contribution in [1.82, 2.24) is 4.90 Å². The first kappa shape index (κ1) is 16.2. The summed E-state index contributed by atoms with van der Waals surface area (Å²) >= 11 is 0. The van der Waals surface area contributed by atoms with Crippen LogP contribution < -0.4 is 4.74 Å². The molecular weight excluding hydrogens is 278 g/mol. The van der Waals surface area contributed by atoms with Crippen molar-refractivity contribution < 1.29 is 29.3 Å². The number of para-hydroxylation sites is 1. The van der Waals surface area contributed by atoms with Gasteiger partial charge in [0.25, 0.3) is 5.91 Å². The van der Waals surface area contributed by atoms with Gasteiger partial charge in [0.15, 0.2) is 0 Å². The molecule has 1 amide bonds. The molecule has 7 nitrogen and oxygen atoms in total. The Hall–Kier alpha value is -2.83. The molecule has 0 aliphatic carbocycles. The van der Waals surface area contributed by atoms with Gasteiger partial charge in [-0.2, -0.15) is 0 Å². The Balaban J connectivity index is 3.04. The van der Waals surface area contributed by atoms with Crippen molar-refractivity contribution >= 4 is 17.8 Å². The van der Waals surface area contributed by atoms with E-state index in [-0.39, 0.29) is 17.9 Å². The van der Waals surface area contributed by atoms with Crippen molar-refractivity contribution in [3.63, 3.8) is 0 Å². The molecule has 0 radical (unpaired) electrons. The number of amides is 1. The van der Waals surface area contributed by atoms with Crippen LogP contribution in [0.1, 0.15) is 10.4 Å². The number of ether oxygens (including phenoxy) is 1. The number of hydrogen-bond acceptors (Lipinski definition) is 4. The van der Waals surface area contributed by atoms with Crippen molar-refractivity contribution in [2.75, 3.05) is 19.7 Å². The molecule has 1 aromatic rings. The maximum absolute atomic E-state index is 12.3. The second kappa shape index (κ2) is 7.68. The molecule has 0 bridgehead atoms. The standard InChI is InChI=1S/C14H15NO6/c1-2-7-21-11-6-4-3-5-10(11)14(20)15(8-12(16)17)9-13(18)19/h2-6H,1,7-9H2,(H,16,17)(H,18,19). The van der Waals surface area contributed by atoms with E-state index in [9.17, 15) is 14.4 Å². The first-order valence-corrected chi connectivity index (χ1v) is 6.01. The molecule has 0 unspecified atom stereocenters. The minimum atomic E-state index is -1.30. The fraction of sp³-hybridized carbons (Fsp3) is 0.214. The van der Waals surface area contributed by atoms with E-state index in [1.54, 1.807) is 12.1 Å². The maximum Gasteiger partial charge on any atom is 0.323 e.